The van der Waals surface area contributed by atoms with Crippen molar-refractivity contribution in [3.8, 4) is 0 Å². The molecule has 296 valence electrons. The maximum Gasteiger partial charge on any atom is 0.460 e. The highest BCUT2D eigenvalue weighted by Gasteiger charge is 2.92. The molecule has 0 aromatic rings. The van der Waals surface area contributed by atoms with Gasteiger partial charge in [-0.1, -0.05) is 0 Å². The van der Waals surface area contributed by atoms with E-state index in [1.165, 1.54) is 0 Å². The largest absolute Gasteiger partial charge is 0.462 e. The summed E-state index contributed by atoms with van der Waals surface area (Å²) in [5.41, 5.74) is 0. The number of alkyl halides is 26. The van der Waals surface area contributed by atoms with Gasteiger partial charge in [-0.25, -0.2) is 9.59 Å². The Morgan fingerprint density at radius 2 is 0.540 bits per heavy atom. The molecular weight excluding hydrogens is 798 g/mol. The Bertz CT molecular complexity index is 1150. The Morgan fingerprint density at radius 1 is 0.340 bits per heavy atom. The Hall–Kier alpha value is -3.14. The average Bonchev–Trinajstić information content (AvgIpc) is 2.89. The van der Waals surface area contributed by atoms with Crippen LogP contribution in [0.15, 0.2) is 12.2 Å². The average molecular weight is 808 g/mol. The van der Waals surface area contributed by atoms with Crippen LogP contribution < -0.4 is 0 Å². The third-order valence-corrected chi connectivity index (χ3v) is 5.67. The summed E-state index contributed by atoms with van der Waals surface area (Å²) in [5.74, 6) is -82.6. The summed E-state index contributed by atoms with van der Waals surface area (Å²) in [5, 5.41) is 0. The molecule has 0 aliphatic rings. The Morgan fingerprint density at radius 3 is 0.740 bits per heavy atom. The van der Waals surface area contributed by atoms with Gasteiger partial charge in [-0.3, -0.25) is 0 Å². The van der Waals surface area contributed by atoms with Gasteiger partial charge in [-0.05, 0) is 0 Å². The molecule has 0 saturated heterocycles. The van der Waals surface area contributed by atoms with Gasteiger partial charge in [0.2, 0.25) is 0 Å². The Labute approximate surface area is 256 Å². The molecule has 0 aliphatic heterocycles. The molecule has 0 amide bonds. The fourth-order valence-corrected chi connectivity index (χ4v) is 2.71. The molecule has 0 aromatic heterocycles. The van der Waals surface area contributed by atoms with E-state index in [0.29, 0.717) is 0 Å². The van der Waals surface area contributed by atoms with E-state index in [-0.39, 0.29) is 0 Å². The molecule has 0 heterocycles. The number of carbonyl (C=O) groups is 2. The van der Waals surface area contributed by atoms with Crippen molar-refractivity contribution >= 4 is 11.9 Å². The predicted molar refractivity (Wildman–Crippen MR) is 102 cm³/mol. The molecule has 0 bridgehead atoms. The zero-order valence-corrected chi connectivity index (χ0v) is 22.4. The summed E-state index contributed by atoms with van der Waals surface area (Å²) < 4.78 is 345. The van der Waals surface area contributed by atoms with Gasteiger partial charge < -0.3 is 9.47 Å². The minimum Gasteiger partial charge on any atom is -0.462 e. The summed E-state index contributed by atoms with van der Waals surface area (Å²) in [4.78, 5) is 22.5. The second-order valence-corrected chi connectivity index (χ2v) is 9.17. The number of rotatable bonds is 16. The molecular formula is C20H10F26O4. The van der Waals surface area contributed by atoms with Crippen LogP contribution >= 0.6 is 0 Å². The van der Waals surface area contributed by atoms with Crippen LogP contribution in [0.5, 0.6) is 0 Å². The zero-order chi connectivity index (χ0) is 40.8. The van der Waals surface area contributed by atoms with Crippen LogP contribution in [0.4, 0.5) is 114 Å². The van der Waals surface area contributed by atoms with Crippen LogP contribution in [0.1, 0.15) is 12.8 Å². The van der Waals surface area contributed by atoms with Crippen LogP contribution in [0, 0.1) is 0 Å². The van der Waals surface area contributed by atoms with E-state index in [0.717, 1.165) is 0 Å². The molecule has 0 aromatic carbocycles. The predicted octanol–water partition coefficient (Wildman–Crippen LogP) is 8.89. The van der Waals surface area contributed by atoms with Crippen LogP contribution in [0.25, 0.3) is 0 Å². The summed E-state index contributed by atoms with van der Waals surface area (Å²) in [6.07, 6.45) is -22.5. The fraction of sp³-hybridized carbons (Fsp3) is 0.800. The molecule has 30 heteroatoms. The molecule has 0 atom stereocenters. The number of hydrogen-bond acceptors (Lipinski definition) is 4. The minimum absolute atomic E-state index is 0.466. The van der Waals surface area contributed by atoms with Gasteiger partial charge in [0.1, 0.15) is 0 Å². The van der Waals surface area contributed by atoms with Gasteiger partial charge in [0.25, 0.3) is 0 Å². The van der Waals surface area contributed by atoms with Gasteiger partial charge in [-0.2, -0.15) is 114 Å². The van der Waals surface area contributed by atoms with Crippen molar-refractivity contribution in [1.82, 2.24) is 0 Å². The minimum atomic E-state index is -8.25. The van der Waals surface area contributed by atoms with Crippen molar-refractivity contribution < 1.29 is 133 Å². The molecule has 0 radical (unpaired) electrons. The molecule has 0 saturated carbocycles. The number of esters is 2. The molecule has 4 nitrogen and oxygen atoms in total. The number of carbonyl (C=O) groups excluding carboxylic acids is 2. The van der Waals surface area contributed by atoms with Crippen molar-refractivity contribution in [3.63, 3.8) is 0 Å². The van der Waals surface area contributed by atoms with E-state index in [2.05, 4.69) is 9.47 Å². The lowest BCUT2D eigenvalue weighted by Crippen LogP contribution is -2.70. The highest BCUT2D eigenvalue weighted by Crippen LogP contribution is 2.62. The fourth-order valence-electron chi connectivity index (χ4n) is 2.71. The van der Waals surface area contributed by atoms with Crippen molar-refractivity contribution in [2.45, 2.75) is 84.4 Å². The highest BCUT2D eigenvalue weighted by atomic mass is 19.4. The number of halogens is 26. The smallest absolute Gasteiger partial charge is 0.460 e. The van der Waals surface area contributed by atoms with Gasteiger partial charge in [0.05, 0.1) is 26.1 Å². The monoisotopic (exact) mass is 808 g/mol. The van der Waals surface area contributed by atoms with Crippen LogP contribution in [-0.4, -0.2) is 96.7 Å². The molecule has 0 unspecified atom stereocenters. The molecule has 0 rings (SSSR count). The summed E-state index contributed by atoms with van der Waals surface area (Å²) in [6.45, 7) is -4.74. The molecule has 0 aliphatic carbocycles. The lowest BCUT2D eigenvalue weighted by atomic mass is 9.93. The van der Waals surface area contributed by atoms with Crippen molar-refractivity contribution in [1.29, 1.82) is 0 Å². The van der Waals surface area contributed by atoms with Crippen molar-refractivity contribution in [3.05, 3.63) is 12.2 Å². The van der Waals surface area contributed by atoms with Crippen molar-refractivity contribution in [2.24, 2.45) is 0 Å². The third kappa shape index (κ3) is 7.70. The zero-order valence-electron chi connectivity index (χ0n) is 22.4. The highest BCUT2D eigenvalue weighted by molar-refractivity contribution is 5.91. The van der Waals surface area contributed by atoms with Crippen LogP contribution in [0.2, 0.25) is 0 Å². The maximum atomic E-state index is 13.6. The van der Waals surface area contributed by atoms with E-state index < -0.39 is 122 Å². The quantitative estimate of drug-likeness (QED) is 0.0889. The first-order chi connectivity index (χ1) is 21.5. The molecule has 0 N–H and O–H groups in total. The molecule has 0 fully saturated rings. The standard InChI is InChI=1S/C20H10F26O4/c21-9(22,11(25,26)13(29,30)15(33,34)17(37,38)19(41,42)43)3-5-49-7(47)1-2-8(48)50-6-4-10(23,24)12(27,28)14(31,32)16(35,36)18(39,40)20(44,45)46/h1-2H,3-6H2/b2-1+. The van der Waals surface area contributed by atoms with Gasteiger partial charge >= 0.3 is 83.5 Å². The van der Waals surface area contributed by atoms with E-state index >= 15 is 0 Å². The second-order valence-electron chi connectivity index (χ2n) is 9.17. The van der Waals surface area contributed by atoms with E-state index in [4.69, 9.17) is 0 Å². The first-order valence-corrected chi connectivity index (χ1v) is 11.4. The number of hydrogen-bond donors (Lipinski definition) is 0. The number of ether oxygens (including phenoxy) is 2. The lowest BCUT2D eigenvalue weighted by Gasteiger charge is -2.39. The van der Waals surface area contributed by atoms with Gasteiger partial charge in [-0.15, -0.1) is 0 Å². The van der Waals surface area contributed by atoms with E-state index in [1.54, 1.807) is 0 Å². The van der Waals surface area contributed by atoms with E-state index in [1.807, 2.05) is 0 Å². The van der Waals surface area contributed by atoms with Gasteiger partial charge in [0.15, 0.2) is 0 Å². The van der Waals surface area contributed by atoms with Crippen molar-refractivity contribution in [2.75, 3.05) is 13.2 Å². The SMILES string of the molecule is O=C(/C=C/C(=O)OCCC(F)(F)C(F)(F)C(F)(F)C(F)(F)C(F)(F)C(F)(F)F)OCCC(F)(F)C(F)(F)C(F)(F)C(F)(F)C(F)(F)C(F)(F)F. The van der Waals surface area contributed by atoms with E-state index in [9.17, 15) is 124 Å². The normalized spacial score (nSPS) is 15.8. The summed E-state index contributed by atoms with van der Waals surface area (Å²) >= 11 is 0. The Kier molecular flexibility index (Phi) is 12.6. The van der Waals surface area contributed by atoms with Crippen LogP contribution in [-0.2, 0) is 19.1 Å². The summed E-state index contributed by atoms with van der Waals surface area (Å²) in [6, 6.07) is 0. The first kappa shape index (κ1) is 46.9. The third-order valence-electron chi connectivity index (χ3n) is 5.67. The van der Waals surface area contributed by atoms with Gasteiger partial charge in [0, 0.05) is 12.2 Å². The summed E-state index contributed by atoms with van der Waals surface area (Å²) in [7, 11) is 0. The lowest BCUT2D eigenvalue weighted by molar-refractivity contribution is -0.440. The maximum absolute atomic E-state index is 13.6. The molecule has 0 spiro atoms. The van der Waals surface area contributed by atoms with Crippen LogP contribution in [0.3, 0.4) is 0 Å². The first-order valence-electron chi connectivity index (χ1n) is 11.4. The second kappa shape index (κ2) is 13.4. The Balaban J connectivity index is 5.51. The molecule has 50 heavy (non-hydrogen) atoms. The topological polar surface area (TPSA) is 52.6 Å².